The number of methoxy groups -OCH3 is 2. The third-order valence-corrected chi connectivity index (χ3v) is 3.73. The SMILES string of the molecule is COc1cccc(CCC(N)c2ccc(OC)c(C)c2)c1. The largest absolute Gasteiger partial charge is 0.497 e. The van der Waals surface area contributed by atoms with Crippen LogP contribution in [0.3, 0.4) is 0 Å². The molecule has 0 spiro atoms. The molecule has 0 saturated heterocycles. The highest BCUT2D eigenvalue weighted by atomic mass is 16.5. The van der Waals surface area contributed by atoms with Crippen molar-refractivity contribution in [2.45, 2.75) is 25.8 Å². The van der Waals surface area contributed by atoms with Gasteiger partial charge in [0.25, 0.3) is 0 Å². The Bertz CT molecular complexity index is 596. The molecule has 21 heavy (non-hydrogen) atoms. The number of aryl methyl sites for hydroxylation is 2. The second-order valence-corrected chi connectivity index (χ2v) is 5.23. The van der Waals surface area contributed by atoms with Crippen LogP contribution in [-0.4, -0.2) is 14.2 Å². The number of hydrogen-bond donors (Lipinski definition) is 1. The van der Waals surface area contributed by atoms with Crippen molar-refractivity contribution < 1.29 is 9.47 Å². The Kier molecular flexibility index (Phi) is 5.23. The maximum Gasteiger partial charge on any atom is 0.121 e. The van der Waals surface area contributed by atoms with Crippen LogP contribution in [0, 0.1) is 6.92 Å². The Labute approximate surface area is 126 Å². The second-order valence-electron chi connectivity index (χ2n) is 5.23. The molecule has 0 aromatic heterocycles. The minimum absolute atomic E-state index is 0.0285. The predicted molar refractivity (Wildman–Crippen MR) is 86.0 cm³/mol. The van der Waals surface area contributed by atoms with Gasteiger partial charge in [0.15, 0.2) is 0 Å². The Morgan fingerprint density at radius 3 is 2.52 bits per heavy atom. The summed E-state index contributed by atoms with van der Waals surface area (Å²) in [7, 11) is 3.37. The van der Waals surface area contributed by atoms with Crippen molar-refractivity contribution in [1.29, 1.82) is 0 Å². The van der Waals surface area contributed by atoms with Gasteiger partial charge in [-0.25, -0.2) is 0 Å². The normalized spacial score (nSPS) is 12.0. The standard InChI is InChI=1S/C18H23NO2/c1-13-11-15(8-10-18(13)21-3)17(19)9-7-14-5-4-6-16(12-14)20-2/h4-6,8,10-12,17H,7,9,19H2,1-3H3. The lowest BCUT2D eigenvalue weighted by Gasteiger charge is -2.14. The molecule has 1 unspecified atom stereocenters. The highest BCUT2D eigenvalue weighted by molar-refractivity contribution is 5.37. The van der Waals surface area contributed by atoms with Crippen LogP contribution in [0.1, 0.15) is 29.2 Å². The molecule has 0 fully saturated rings. The van der Waals surface area contributed by atoms with Crippen molar-refractivity contribution in [3.63, 3.8) is 0 Å². The van der Waals surface area contributed by atoms with Crippen molar-refractivity contribution in [2.24, 2.45) is 5.73 Å². The first-order valence-corrected chi connectivity index (χ1v) is 7.17. The van der Waals surface area contributed by atoms with E-state index in [1.807, 2.05) is 31.2 Å². The summed E-state index contributed by atoms with van der Waals surface area (Å²) in [6.45, 7) is 2.04. The van der Waals surface area contributed by atoms with Crippen LogP contribution in [0.2, 0.25) is 0 Å². The maximum atomic E-state index is 6.30. The number of ether oxygens (including phenoxy) is 2. The summed E-state index contributed by atoms with van der Waals surface area (Å²) in [5.41, 5.74) is 9.81. The van der Waals surface area contributed by atoms with Crippen LogP contribution >= 0.6 is 0 Å². The molecule has 0 amide bonds. The Morgan fingerprint density at radius 1 is 1.05 bits per heavy atom. The van der Waals surface area contributed by atoms with Gasteiger partial charge < -0.3 is 15.2 Å². The van der Waals surface area contributed by atoms with Crippen molar-refractivity contribution in [3.05, 3.63) is 59.2 Å². The van der Waals surface area contributed by atoms with Crippen LogP contribution in [0.25, 0.3) is 0 Å². The molecule has 2 rings (SSSR count). The minimum atomic E-state index is 0.0285. The summed E-state index contributed by atoms with van der Waals surface area (Å²) in [6, 6.07) is 14.3. The van der Waals surface area contributed by atoms with Gasteiger partial charge in [-0.05, 0) is 54.7 Å². The van der Waals surface area contributed by atoms with Gasteiger partial charge in [-0.2, -0.15) is 0 Å². The van der Waals surface area contributed by atoms with Gasteiger partial charge in [-0.15, -0.1) is 0 Å². The van der Waals surface area contributed by atoms with Crippen LogP contribution in [0.15, 0.2) is 42.5 Å². The van der Waals surface area contributed by atoms with E-state index in [-0.39, 0.29) is 6.04 Å². The summed E-state index contributed by atoms with van der Waals surface area (Å²) in [6.07, 6.45) is 1.84. The van der Waals surface area contributed by atoms with E-state index in [1.165, 1.54) is 5.56 Å². The van der Waals surface area contributed by atoms with E-state index >= 15 is 0 Å². The third-order valence-electron chi connectivity index (χ3n) is 3.73. The molecule has 3 nitrogen and oxygen atoms in total. The van der Waals surface area contributed by atoms with Crippen molar-refractivity contribution >= 4 is 0 Å². The highest BCUT2D eigenvalue weighted by Crippen LogP contribution is 2.24. The number of nitrogens with two attached hydrogens (primary N) is 1. The average molecular weight is 285 g/mol. The maximum absolute atomic E-state index is 6.30. The summed E-state index contributed by atoms with van der Waals surface area (Å²) >= 11 is 0. The number of hydrogen-bond acceptors (Lipinski definition) is 3. The van der Waals surface area contributed by atoms with E-state index in [1.54, 1.807) is 14.2 Å². The lowest BCUT2D eigenvalue weighted by molar-refractivity contribution is 0.411. The molecule has 0 heterocycles. The van der Waals surface area contributed by atoms with Gasteiger partial charge >= 0.3 is 0 Å². The summed E-state index contributed by atoms with van der Waals surface area (Å²) in [5, 5.41) is 0. The topological polar surface area (TPSA) is 44.5 Å². The number of benzene rings is 2. The fraction of sp³-hybridized carbons (Fsp3) is 0.333. The van der Waals surface area contributed by atoms with Crippen LogP contribution < -0.4 is 15.2 Å². The van der Waals surface area contributed by atoms with Crippen molar-refractivity contribution in [3.8, 4) is 11.5 Å². The monoisotopic (exact) mass is 285 g/mol. The summed E-state index contributed by atoms with van der Waals surface area (Å²) in [5.74, 6) is 1.79. The fourth-order valence-corrected chi connectivity index (χ4v) is 2.45. The Balaban J connectivity index is 2.00. The Hall–Kier alpha value is -2.00. The Morgan fingerprint density at radius 2 is 1.86 bits per heavy atom. The van der Waals surface area contributed by atoms with Crippen molar-refractivity contribution in [1.82, 2.24) is 0 Å². The molecule has 3 heteroatoms. The first-order chi connectivity index (χ1) is 10.1. The molecular formula is C18H23NO2. The lowest BCUT2D eigenvalue weighted by atomic mass is 9.98. The van der Waals surface area contributed by atoms with E-state index in [9.17, 15) is 0 Å². The zero-order valence-electron chi connectivity index (χ0n) is 12.9. The van der Waals surface area contributed by atoms with Gasteiger partial charge in [-0.1, -0.05) is 24.3 Å². The molecular weight excluding hydrogens is 262 g/mol. The quantitative estimate of drug-likeness (QED) is 0.881. The molecule has 0 aliphatic carbocycles. The first kappa shape index (κ1) is 15.4. The van der Waals surface area contributed by atoms with Gasteiger partial charge in [0, 0.05) is 6.04 Å². The van der Waals surface area contributed by atoms with Crippen LogP contribution in [0.5, 0.6) is 11.5 Å². The van der Waals surface area contributed by atoms with E-state index in [2.05, 4.69) is 18.2 Å². The highest BCUT2D eigenvalue weighted by Gasteiger charge is 2.09. The molecule has 0 bridgehead atoms. The van der Waals surface area contributed by atoms with E-state index in [4.69, 9.17) is 15.2 Å². The fourth-order valence-electron chi connectivity index (χ4n) is 2.45. The van der Waals surface area contributed by atoms with Gasteiger partial charge in [0.1, 0.15) is 11.5 Å². The molecule has 0 radical (unpaired) electrons. The molecule has 2 aromatic rings. The third kappa shape index (κ3) is 3.99. The zero-order chi connectivity index (χ0) is 15.2. The van der Waals surface area contributed by atoms with Crippen LogP contribution in [-0.2, 0) is 6.42 Å². The van der Waals surface area contributed by atoms with Gasteiger partial charge in [0.05, 0.1) is 14.2 Å². The minimum Gasteiger partial charge on any atom is -0.497 e. The van der Waals surface area contributed by atoms with Gasteiger partial charge in [-0.3, -0.25) is 0 Å². The second kappa shape index (κ2) is 7.14. The predicted octanol–water partition coefficient (Wildman–Crippen LogP) is 3.64. The smallest absolute Gasteiger partial charge is 0.121 e. The molecule has 112 valence electrons. The first-order valence-electron chi connectivity index (χ1n) is 7.17. The lowest BCUT2D eigenvalue weighted by Crippen LogP contribution is -2.11. The van der Waals surface area contributed by atoms with Crippen LogP contribution in [0.4, 0.5) is 0 Å². The van der Waals surface area contributed by atoms with Crippen molar-refractivity contribution in [2.75, 3.05) is 14.2 Å². The zero-order valence-corrected chi connectivity index (χ0v) is 12.9. The number of rotatable bonds is 6. The molecule has 0 aliphatic heterocycles. The summed E-state index contributed by atoms with van der Waals surface area (Å²) < 4.78 is 10.5. The average Bonchev–Trinajstić information content (AvgIpc) is 2.52. The van der Waals surface area contributed by atoms with E-state index in [0.29, 0.717) is 0 Å². The molecule has 0 aliphatic rings. The van der Waals surface area contributed by atoms with E-state index < -0.39 is 0 Å². The van der Waals surface area contributed by atoms with E-state index in [0.717, 1.165) is 35.5 Å². The molecule has 1 atom stereocenters. The summed E-state index contributed by atoms with van der Waals surface area (Å²) in [4.78, 5) is 0. The van der Waals surface area contributed by atoms with Gasteiger partial charge in [0.2, 0.25) is 0 Å². The molecule has 2 aromatic carbocycles. The molecule has 2 N–H and O–H groups in total. The molecule has 0 saturated carbocycles.